The predicted molar refractivity (Wildman–Crippen MR) is 134 cm³/mol. The Morgan fingerprint density at radius 2 is 1.97 bits per heavy atom. The van der Waals surface area contributed by atoms with Crippen LogP contribution in [0.5, 0.6) is 5.75 Å². The standard InChI is InChI=1S/C28H29F2N3O4/c1-19(34)27(35)28-31-12-14-33(28)13-3-2-5-20-6-4-7-24(15-20)36-17-23-18-37-26(32-23)11-9-21-8-10-22(29)16-25(21)30/h4,6-12,14-16,18-19,27,34-35H,2-3,5,13,17H2,1H3/b11-9+. The van der Waals surface area contributed by atoms with Crippen molar-refractivity contribution in [3.8, 4) is 5.75 Å². The van der Waals surface area contributed by atoms with E-state index in [9.17, 15) is 19.0 Å². The summed E-state index contributed by atoms with van der Waals surface area (Å²) in [5, 5.41) is 19.7. The van der Waals surface area contributed by atoms with Gasteiger partial charge in [0.05, 0.1) is 6.10 Å². The number of ether oxygens (including phenoxy) is 1. The first-order chi connectivity index (χ1) is 17.9. The molecule has 0 spiro atoms. The Morgan fingerprint density at radius 3 is 2.78 bits per heavy atom. The highest BCUT2D eigenvalue weighted by molar-refractivity contribution is 5.66. The second kappa shape index (κ2) is 12.4. The van der Waals surface area contributed by atoms with E-state index in [0.717, 1.165) is 30.9 Å². The van der Waals surface area contributed by atoms with E-state index in [1.165, 1.54) is 37.5 Å². The number of nitrogens with zero attached hydrogens (tertiary/aromatic N) is 3. The quantitative estimate of drug-likeness (QED) is 0.251. The van der Waals surface area contributed by atoms with Crippen LogP contribution in [0.2, 0.25) is 0 Å². The van der Waals surface area contributed by atoms with Crippen molar-refractivity contribution in [2.45, 2.75) is 51.5 Å². The first-order valence-electron chi connectivity index (χ1n) is 12.1. The SMILES string of the molecule is CC(O)C(O)c1nccn1CCCCc1cccc(OCc2coc(/C=C/c3ccc(F)cc3F)n2)c1. The maximum atomic E-state index is 13.7. The molecule has 2 aromatic heterocycles. The molecule has 2 heterocycles. The number of imidazole rings is 1. The lowest BCUT2D eigenvalue weighted by atomic mass is 10.1. The molecule has 4 rings (SSSR count). The van der Waals surface area contributed by atoms with E-state index >= 15 is 0 Å². The lowest BCUT2D eigenvalue weighted by Gasteiger charge is -2.15. The summed E-state index contributed by atoms with van der Waals surface area (Å²) in [6, 6.07) is 11.2. The van der Waals surface area contributed by atoms with Crippen LogP contribution in [0.25, 0.3) is 12.2 Å². The van der Waals surface area contributed by atoms with Gasteiger partial charge in [-0.3, -0.25) is 0 Å². The van der Waals surface area contributed by atoms with Gasteiger partial charge in [0, 0.05) is 36.6 Å². The van der Waals surface area contributed by atoms with Crippen molar-refractivity contribution in [3.63, 3.8) is 0 Å². The summed E-state index contributed by atoms with van der Waals surface area (Å²) < 4.78 is 39.9. The normalized spacial score (nSPS) is 13.2. The van der Waals surface area contributed by atoms with Crippen LogP contribution in [0.3, 0.4) is 0 Å². The van der Waals surface area contributed by atoms with Gasteiger partial charge in [-0.05, 0) is 62.1 Å². The summed E-state index contributed by atoms with van der Waals surface area (Å²) in [5.41, 5.74) is 1.95. The number of halogens is 2. The fourth-order valence-electron chi connectivity index (χ4n) is 3.81. The van der Waals surface area contributed by atoms with Crippen molar-refractivity contribution < 1.29 is 28.1 Å². The van der Waals surface area contributed by atoms with E-state index in [-0.39, 0.29) is 18.1 Å². The van der Waals surface area contributed by atoms with Crippen LogP contribution >= 0.6 is 0 Å². The van der Waals surface area contributed by atoms with Gasteiger partial charge in [0.1, 0.15) is 47.9 Å². The van der Waals surface area contributed by atoms with Gasteiger partial charge in [-0.2, -0.15) is 0 Å². The highest BCUT2D eigenvalue weighted by Crippen LogP contribution is 2.19. The van der Waals surface area contributed by atoms with E-state index in [2.05, 4.69) is 9.97 Å². The molecule has 0 amide bonds. The summed E-state index contributed by atoms with van der Waals surface area (Å²) in [7, 11) is 0. The Kier molecular flexibility index (Phi) is 8.81. The monoisotopic (exact) mass is 509 g/mol. The number of benzene rings is 2. The Balaban J connectivity index is 1.24. The van der Waals surface area contributed by atoms with Crippen LogP contribution in [-0.4, -0.2) is 30.9 Å². The Labute approximate surface area is 213 Å². The summed E-state index contributed by atoms with van der Waals surface area (Å²) in [4.78, 5) is 8.47. The summed E-state index contributed by atoms with van der Waals surface area (Å²) >= 11 is 0. The average Bonchev–Trinajstić information content (AvgIpc) is 3.54. The molecule has 7 nitrogen and oxygen atoms in total. The zero-order chi connectivity index (χ0) is 26.2. The molecule has 4 aromatic rings. The molecule has 0 radical (unpaired) electrons. The van der Waals surface area contributed by atoms with Crippen molar-refractivity contribution in [1.29, 1.82) is 0 Å². The number of aliphatic hydroxyl groups excluding tert-OH is 2. The molecule has 0 aliphatic rings. The van der Waals surface area contributed by atoms with E-state index in [1.54, 1.807) is 6.20 Å². The van der Waals surface area contributed by atoms with Gasteiger partial charge in [-0.15, -0.1) is 0 Å². The van der Waals surface area contributed by atoms with E-state index in [4.69, 9.17) is 9.15 Å². The summed E-state index contributed by atoms with van der Waals surface area (Å²) in [5.74, 6) is 0.181. The van der Waals surface area contributed by atoms with E-state index < -0.39 is 23.8 Å². The second-order valence-corrected chi connectivity index (χ2v) is 8.73. The lowest BCUT2D eigenvalue weighted by molar-refractivity contribution is 0.0226. The zero-order valence-corrected chi connectivity index (χ0v) is 20.4. The molecule has 2 N–H and O–H groups in total. The Morgan fingerprint density at radius 1 is 1.11 bits per heavy atom. The second-order valence-electron chi connectivity index (χ2n) is 8.73. The lowest BCUT2D eigenvalue weighted by Crippen LogP contribution is -2.19. The summed E-state index contributed by atoms with van der Waals surface area (Å²) in [6.45, 7) is 2.45. The topological polar surface area (TPSA) is 93.5 Å². The molecule has 0 fully saturated rings. The van der Waals surface area contributed by atoms with Gasteiger partial charge in [0.25, 0.3) is 0 Å². The van der Waals surface area contributed by atoms with Crippen LogP contribution in [0.1, 0.15) is 54.4 Å². The molecule has 9 heteroatoms. The molecular formula is C28H29F2N3O4. The van der Waals surface area contributed by atoms with Gasteiger partial charge in [-0.1, -0.05) is 12.1 Å². The van der Waals surface area contributed by atoms with Crippen molar-refractivity contribution in [1.82, 2.24) is 14.5 Å². The minimum Gasteiger partial charge on any atom is -0.487 e. The number of hydrogen-bond acceptors (Lipinski definition) is 6. The smallest absolute Gasteiger partial charge is 0.218 e. The zero-order valence-electron chi connectivity index (χ0n) is 20.4. The third-order valence-corrected chi connectivity index (χ3v) is 5.81. The number of oxazole rings is 1. The van der Waals surface area contributed by atoms with Crippen molar-refractivity contribution in [3.05, 3.63) is 101 Å². The molecule has 0 aliphatic carbocycles. The average molecular weight is 510 g/mol. The van der Waals surface area contributed by atoms with Gasteiger partial charge in [0.15, 0.2) is 0 Å². The number of aromatic nitrogens is 3. The first kappa shape index (κ1) is 26.2. The minimum absolute atomic E-state index is 0.209. The fourth-order valence-corrected chi connectivity index (χ4v) is 3.81. The minimum atomic E-state index is -1.00. The largest absolute Gasteiger partial charge is 0.487 e. The number of aliphatic hydroxyl groups is 2. The molecular weight excluding hydrogens is 480 g/mol. The van der Waals surface area contributed by atoms with Gasteiger partial charge in [-0.25, -0.2) is 18.7 Å². The van der Waals surface area contributed by atoms with Crippen molar-refractivity contribution >= 4 is 12.2 Å². The maximum absolute atomic E-state index is 13.7. The number of hydrogen-bond donors (Lipinski definition) is 2. The van der Waals surface area contributed by atoms with Crippen molar-refractivity contribution in [2.75, 3.05) is 0 Å². The van der Waals surface area contributed by atoms with E-state index in [0.29, 0.717) is 23.8 Å². The third-order valence-electron chi connectivity index (χ3n) is 5.81. The van der Waals surface area contributed by atoms with Crippen LogP contribution in [0, 0.1) is 11.6 Å². The molecule has 2 unspecified atom stereocenters. The Hall–Kier alpha value is -3.82. The molecule has 2 atom stereocenters. The Bertz CT molecular complexity index is 1330. The van der Waals surface area contributed by atoms with Gasteiger partial charge >= 0.3 is 0 Å². The van der Waals surface area contributed by atoms with Crippen LogP contribution in [0.4, 0.5) is 8.78 Å². The number of aryl methyl sites for hydroxylation is 2. The highest BCUT2D eigenvalue weighted by atomic mass is 19.1. The van der Waals surface area contributed by atoms with Crippen LogP contribution in [0.15, 0.2) is 65.5 Å². The molecule has 194 valence electrons. The summed E-state index contributed by atoms with van der Waals surface area (Å²) in [6.07, 6.45) is 8.69. The number of rotatable bonds is 12. The molecule has 37 heavy (non-hydrogen) atoms. The van der Waals surface area contributed by atoms with Gasteiger partial charge in [0.2, 0.25) is 5.89 Å². The van der Waals surface area contributed by atoms with E-state index in [1.807, 2.05) is 35.0 Å². The van der Waals surface area contributed by atoms with Gasteiger partial charge < -0.3 is 23.9 Å². The molecule has 0 saturated carbocycles. The fraction of sp³-hybridized carbons (Fsp3) is 0.286. The first-order valence-corrected chi connectivity index (χ1v) is 12.1. The molecule has 0 bridgehead atoms. The van der Waals surface area contributed by atoms with Crippen molar-refractivity contribution in [2.24, 2.45) is 0 Å². The van der Waals surface area contributed by atoms with Crippen LogP contribution < -0.4 is 4.74 Å². The van der Waals surface area contributed by atoms with Crippen LogP contribution in [-0.2, 0) is 19.6 Å². The molecule has 0 aliphatic heterocycles. The highest BCUT2D eigenvalue weighted by Gasteiger charge is 2.18. The number of unbranched alkanes of at least 4 members (excludes halogenated alkanes) is 1. The maximum Gasteiger partial charge on any atom is 0.218 e. The predicted octanol–water partition coefficient (Wildman–Crippen LogP) is 5.34. The molecule has 0 saturated heterocycles. The third kappa shape index (κ3) is 7.34. The molecule has 2 aromatic carbocycles.